The Morgan fingerprint density at radius 3 is 2.82 bits per heavy atom. The average Bonchev–Trinajstić information content (AvgIpc) is 2.70. The molecule has 92 valence electrons. The van der Waals surface area contributed by atoms with Gasteiger partial charge >= 0.3 is 0 Å². The highest BCUT2D eigenvalue weighted by molar-refractivity contribution is 7.22. The maximum absolute atomic E-state index is 5.38. The Morgan fingerprint density at radius 1 is 1.41 bits per heavy atom. The van der Waals surface area contributed by atoms with Crippen LogP contribution in [0, 0.1) is 0 Å². The lowest BCUT2D eigenvalue weighted by molar-refractivity contribution is 0.474. The molecule has 0 aliphatic carbocycles. The highest BCUT2D eigenvalue weighted by Gasteiger charge is 2.20. The molecule has 0 aliphatic heterocycles. The first-order chi connectivity index (χ1) is 8.06. The smallest absolute Gasteiger partial charge is 0.198 e. The molecule has 0 aliphatic rings. The number of nitrogens with two attached hydrogens (primary N) is 1. The van der Waals surface area contributed by atoms with Gasteiger partial charge in [-0.25, -0.2) is 10.8 Å². The lowest BCUT2D eigenvalue weighted by atomic mass is 9.81. The lowest BCUT2D eigenvalue weighted by Gasteiger charge is -2.24. The van der Waals surface area contributed by atoms with Gasteiger partial charge in [0.05, 0.1) is 10.2 Å². The van der Waals surface area contributed by atoms with Crippen LogP contribution in [0.15, 0.2) is 18.2 Å². The second kappa shape index (κ2) is 4.63. The number of aromatic nitrogens is 1. The number of rotatable bonds is 4. The SMILES string of the molecule is CCCC(C)(C)c1ccc2nc(NN)sc2c1. The quantitative estimate of drug-likeness (QED) is 0.642. The number of nitrogens with zero attached hydrogens (tertiary/aromatic N) is 1. The Kier molecular flexibility index (Phi) is 3.35. The van der Waals surface area contributed by atoms with Crippen LogP contribution in [-0.2, 0) is 5.41 Å². The molecule has 0 atom stereocenters. The van der Waals surface area contributed by atoms with E-state index in [9.17, 15) is 0 Å². The van der Waals surface area contributed by atoms with E-state index in [-0.39, 0.29) is 5.41 Å². The van der Waals surface area contributed by atoms with Crippen LogP contribution in [0.3, 0.4) is 0 Å². The first-order valence-corrected chi connectivity index (χ1v) is 6.76. The summed E-state index contributed by atoms with van der Waals surface area (Å²) in [5.74, 6) is 5.38. The predicted molar refractivity (Wildman–Crippen MR) is 75.4 cm³/mol. The molecule has 0 saturated heterocycles. The first kappa shape index (κ1) is 12.3. The summed E-state index contributed by atoms with van der Waals surface area (Å²) in [7, 11) is 0. The molecule has 0 radical (unpaired) electrons. The van der Waals surface area contributed by atoms with Crippen LogP contribution < -0.4 is 11.3 Å². The topological polar surface area (TPSA) is 50.9 Å². The number of benzene rings is 1. The molecule has 4 heteroatoms. The molecule has 0 saturated carbocycles. The van der Waals surface area contributed by atoms with Crippen LogP contribution in [0.25, 0.3) is 10.2 Å². The average molecular weight is 249 g/mol. The van der Waals surface area contributed by atoms with Gasteiger partial charge in [0.1, 0.15) is 0 Å². The number of hydrogen-bond donors (Lipinski definition) is 2. The molecule has 3 nitrogen and oxygen atoms in total. The highest BCUT2D eigenvalue weighted by atomic mass is 32.1. The summed E-state index contributed by atoms with van der Waals surface area (Å²) < 4.78 is 1.19. The van der Waals surface area contributed by atoms with E-state index in [4.69, 9.17) is 5.84 Å². The molecule has 0 spiro atoms. The molecule has 0 unspecified atom stereocenters. The molecule has 2 rings (SSSR count). The van der Waals surface area contributed by atoms with Crippen LogP contribution in [0.4, 0.5) is 5.13 Å². The van der Waals surface area contributed by atoms with Crippen molar-refractivity contribution in [2.24, 2.45) is 5.84 Å². The Hall–Kier alpha value is -1.13. The van der Waals surface area contributed by atoms with Crippen LogP contribution in [0.5, 0.6) is 0 Å². The Morgan fingerprint density at radius 2 is 2.18 bits per heavy atom. The molecule has 17 heavy (non-hydrogen) atoms. The zero-order valence-corrected chi connectivity index (χ0v) is 11.4. The summed E-state index contributed by atoms with van der Waals surface area (Å²) in [6, 6.07) is 6.50. The van der Waals surface area contributed by atoms with Gasteiger partial charge in [0.15, 0.2) is 5.13 Å². The summed E-state index contributed by atoms with van der Waals surface area (Å²) in [4.78, 5) is 4.38. The summed E-state index contributed by atoms with van der Waals surface area (Å²) in [6.45, 7) is 6.81. The Bertz CT molecular complexity index is 516. The van der Waals surface area contributed by atoms with Gasteiger partial charge in [-0.3, -0.25) is 5.43 Å². The van der Waals surface area contributed by atoms with E-state index in [0.717, 1.165) is 10.6 Å². The zero-order valence-electron chi connectivity index (χ0n) is 10.6. The number of anilines is 1. The molecule has 1 aromatic carbocycles. The molecular formula is C13H19N3S. The van der Waals surface area contributed by atoms with Crippen molar-refractivity contribution < 1.29 is 0 Å². The van der Waals surface area contributed by atoms with Crippen molar-refractivity contribution in [3.63, 3.8) is 0 Å². The predicted octanol–water partition coefficient (Wildman–Crippen LogP) is 3.66. The van der Waals surface area contributed by atoms with Crippen molar-refractivity contribution in [1.82, 2.24) is 4.98 Å². The minimum atomic E-state index is 0.225. The fraction of sp³-hybridized carbons (Fsp3) is 0.462. The van der Waals surface area contributed by atoms with Gasteiger partial charge in [-0.15, -0.1) is 0 Å². The maximum Gasteiger partial charge on any atom is 0.198 e. The van der Waals surface area contributed by atoms with E-state index < -0.39 is 0 Å². The molecule has 3 N–H and O–H groups in total. The van der Waals surface area contributed by atoms with Crippen LogP contribution >= 0.6 is 11.3 Å². The van der Waals surface area contributed by atoms with E-state index in [1.54, 1.807) is 11.3 Å². The third-order valence-electron chi connectivity index (χ3n) is 3.17. The molecule has 2 aromatic rings. The van der Waals surface area contributed by atoms with Crippen molar-refractivity contribution in [3.8, 4) is 0 Å². The highest BCUT2D eigenvalue weighted by Crippen LogP contribution is 2.33. The van der Waals surface area contributed by atoms with Gasteiger partial charge in [-0.05, 0) is 29.5 Å². The lowest BCUT2D eigenvalue weighted by Crippen LogP contribution is -2.16. The van der Waals surface area contributed by atoms with E-state index >= 15 is 0 Å². The van der Waals surface area contributed by atoms with Crippen molar-refractivity contribution in [2.75, 3.05) is 5.43 Å². The molecule has 0 amide bonds. The van der Waals surface area contributed by atoms with E-state index in [0.29, 0.717) is 0 Å². The number of hydrogen-bond acceptors (Lipinski definition) is 4. The summed E-state index contributed by atoms with van der Waals surface area (Å²) >= 11 is 1.60. The largest absolute Gasteiger partial charge is 0.300 e. The maximum atomic E-state index is 5.38. The standard InChI is InChI=1S/C13H19N3S/c1-4-7-13(2,3)9-5-6-10-11(8-9)17-12(15-10)16-14/h5-6,8H,4,7,14H2,1-3H3,(H,15,16). The van der Waals surface area contributed by atoms with Crippen molar-refractivity contribution in [2.45, 2.75) is 39.0 Å². The molecule has 1 aromatic heterocycles. The molecule has 1 heterocycles. The van der Waals surface area contributed by atoms with Gasteiger partial charge in [0.2, 0.25) is 0 Å². The number of hydrazine groups is 1. The third-order valence-corrected chi connectivity index (χ3v) is 4.12. The monoisotopic (exact) mass is 249 g/mol. The second-order valence-electron chi connectivity index (χ2n) is 4.98. The van der Waals surface area contributed by atoms with Gasteiger partial charge in [-0.1, -0.05) is 44.6 Å². The number of nitrogen functional groups attached to an aromatic ring is 1. The van der Waals surface area contributed by atoms with Gasteiger partial charge in [-0.2, -0.15) is 0 Å². The van der Waals surface area contributed by atoms with Crippen molar-refractivity contribution in [1.29, 1.82) is 0 Å². The normalized spacial score (nSPS) is 12.0. The van der Waals surface area contributed by atoms with Gasteiger partial charge in [0, 0.05) is 0 Å². The van der Waals surface area contributed by atoms with Crippen LogP contribution in [0.2, 0.25) is 0 Å². The molecule has 0 fully saturated rings. The van der Waals surface area contributed by atoms with Crippen molar-refractivity contribution in [3.05, 3.63) is 23.8 Å². The fourth-order valence-electron chi connectivity index (χ4n) is 2.18. The minimum Gasteiger partial charge on any atom is -0.300 e. The fourth-order valence-corrected chi connectivity index (χ4v) is 2.99. The minimum absolute atomic E-state index is 0.225. The molecular weight excluding hydrogens is 230 g/mol. The van der Waals surface area contributed by atoms with Crippen LogP contribution in [0.1, 0.15) is 39.2 Å². The first-order valence-electron chi connectivity index (χ1n) is 5.94. The number of fused-ring (bicyclic) bond motifs is 1. The van der Waals surface area contributed by atoms with Gasteiger partial charge in [0.25, 0.3) is 0 Å². The van der Waals surface area contributed by atoms with Gasteiger partial charge < -0.3 is 0 Å². The van der Waals surface area contributed by atoms with E-state index in [2.05, 4.69) is 49.4 Å². The second-order valence-corrected chi connectivity index (χ2v) is 6.01. The number of nitrogens with one attached hydrogen (secondary N) is 1. The molecule has 0 bridgehead atoms. The summed E-state index contributed by atoms with van der Waals surface area (Å²) in [6.07, 6.45) is 2.39. The van der Waals surface area contributed by atoms with Crippen LogP contribution in [-0.4, -0.2) is 4.98 Å². The zero-order chi connectivity index (χ0) is 12.5. The Labute approximate surface area is 106 Å². The van der Waals surface area contributed by atoms with E-state index in [1.165, 1.54) is 23.1 Å². The Balaban J connectivity index is 2.43. The van der Waals surface area contributed by atoms with E-state index in [1.807, 2.05) is 0 Å². The summed E-state index contributed by atoms with van der Waals surface area (Å²) in [5.41, 5.74) is 5.22. The third kappa shape index (κ3) is 2.42. The summed E-state index contributed by atoms with van der Waals surface area (Å²) in [5, 5.41) is 0.769. The van der Waals surface area contributed by atoms with Crippen molar-refractivity contribution >= 4 is 26.7 Å². The number of thiazole rings is 1.